The quantitative estimate of drug-likeness (QED) is 0.286. The number of primary amides is 1. The van der Waals surface area contributed by atoms with Gasteiger partial charge in [0.1, 0.15) is 28.9 Å². The number of aliphatic hydroxyl groups is 3. The van der Waals surface area contributed by atoms with Crippen LogP contribution in [-0.4, -0.2) is 80.6 Å². The molecule has 37 heavy (non-hydrogen) atoms. The molecule has 0 bridgehead atoms. The number of carbonyl (C=O) groups is 4. The fraction of sp³-hybridized carbons (Fsp3) is 0.385. The van der Waals surface area contributed by atoms with Crippen molar-refractivity contribution in [2.45, 2.75) is 38.0 Å². The van der Waals surface area contributed by atoms with Crippen molar-refractivity contribution in [2.75, 3.05) is 14.1 Å². The van der Waals surface area contributed by atoms with Gasteiger partial charge in [0.25, 0.3) is 5.91 Å². The molecule has 0 radical (unpaired) electrons. The summed E-state index contributed by atoms with van der Waals surface area (Å²) in [5.41, 5.74) is 1.46. The Morgan fingerprint density at radius 2 is 1.81 bits per heavy atom. The molecule has 11 heteroatoms. The molecular formula is C26H28N2O9. The lowest BCUT2D eigenvalue weighted by atomic mass is 9.56. The largest absolute Gasteiger partial charge is 0.510 e. The molecule has 11 nitrogen and oxygen atoms in total. The maximum atomic E-state index is 13.8. The van der Waals surface area contributed by atoms with Crippen LogP contribution in [0.25, 0.3) is 5.57 Å². The van der Waals surface area contributed by atoms with Gasteiger partial charge in [-0.25, -0.2) is 0 Å². The van der Waals surface area contributed by atoms with Gasteiger partial charge in [0.15, 0.2) is 11.4 Å². The van der Waals surface area contributed by atoms with Crippen molar-refractivity contribution in [3.8, 4) is 5.75 Å². The molecule has 3 aliphatic carbocycles. The van der Waals surface area contributed by atoms with E-state index in [4.69, 9.17) is 10.5 Å². The van der Waals surface area contributed by atoms with Crippen LogP contribution in [0.3, 0.4) is 0 Å². The Balaban J connectivity index is 2.13. The summed E-state index contributed by atoms with van der Waals surface area (Å²) in [6, 6.07) is 1.77. The predicted octanol–water partition coefficient (Wildman–Crippen LogP) is 0.831. The maximum absolute atomic E-state index is 13.8. The number of phenols is 1. The van der Waals surface area contributed by atoms with E-state index >= 15 is 0 Å². The third-order valence-corrected chi connectivity index (χ3v) is 7.47. The number of aliphatic hydroxyl groups excluding tert-OH is 2. The van der Waals surface area contributed by atoms with Crippen molar-refractivity contribution in [1.29, 1.82) is 0 Å². The van der Waals surface area contributed by atoms with E-state index in [0.29, 0.717) is 5.56 Å². The zero-order valence-corrected chi connectivity index (χ0v) is 20.7. The molecule has 0 saturated carbocycles. The van der Waals surface area contributed by atoms with E-state index in [0.717, 1.165) is 0 Å². The van der Waals surface area contributed by atoms with Crippen LogP contribution in [0.4, 0.5) is 0 Å². The van der Waals surface area contributed by atoms with E-state index in [1.807, 2.05) is 0 Å². The van der Waals surface area contributed by atoms with Crippen LogP contribution < -0.4 is 5.73 Å². The van der Waals surface area contributed by atoms with E-state index < -0.39 is 75.7 Å². The van der Waals surface area contributed by atoms with Crippen LogP contribution in [0.2, 0.25) is 0 Å². The van der Waals surface area contributed by atoms with Gasteiger partial charge in [0.05, 0.1) is 29.0 Å². The lowest BCUT2D eigenvalue weighted by Gasteiger charge is -2.53. The van der Waals surface area contributed by atoms with Crippen molar-refractivity contribution >= 4 is 29.0 Å². The number of Topliss-reactive ketones (excluding diaryl/α,β-unsaturated/α-hetero) is 2. The Morgan fingerprint density at radius 3 is 2.35 bits per heavy atom. The lowest BCUT2D eigenvalue weighted by Crippen LogP contribution is -2.68. The van der Waals surface area contributed by atoms with Gasteiger partial charge in [0.2, 0.25) is 5.78 Å². The summed E-state index contributed by atoms with van der Waals surface area (Å²) in [4.78, 5) is 53.4. The third kappa shape index (κ3) is 3.34. The summed E-state index contributed by atoms with van der Waals surface area (Å²) in [7, 11) is 2.95. The Labute approximate surface area is 212 Å². The minimum atomic E-state index is -2.98. The van der Waals surface area contributed by atoms with Gasteiger partial charge in [-0.15, -0.1) is 0 Å². The molecule has 1 amide bonds. The Morgan fingerprint density at radius 1 is 1.19 bits per heavy atom. The number of aromatic hydroxyl groups is 1. The normalized spacial score (nSPS) is 29.2. The second kappa shape index (κ2) is 8.56. The molecule has 1 aromatic rings. The van der Waals surface area contributed by atoms with E-state index in [9.17, 15) is 39.6 Å². The minimum absolute atomic E-state index is 0.106. The number of likely N-dealkylation sites (N-methyl/N-ethyl adjacent to an activating group) is 1. The number of benzene rings is 1. The molecule has 196 valence electrons. The van der Waals surface area contributed by atoms with Gasteiger partial charge in [-0.1, -0.05) is 25.6 Å². The first kappa shape index (κ1) is 26.1. The average Bonchev–Trinajstić information content (AvgIpc) is 2.82. The highest BCUT2D eigenvalue weighted by Gasteiger charge is 2.68. The number of carbonyl (C=O) groups excluding carboxylic acids is 4. The Kier molecular flexibility index (Phi) is 6.04. The Bertz CT molecular complexity index is 1360. The average molecular weight is 513 g/mol. The van der Waals surface area contributed by atoms with E-state index in [2.05, 4.69) is 6.58 Å². The molecule has 0 aliphatic heterocycles. The number of aryl methyl sites for hydroxylation is 1. The second-order valence-corrected chi connectivity index (χ2v) is 9.71. The summed E-state index contributed by atoms with van der Waals surface area (Å²) in [5, 5.41) is 45.0. The minimum Gasteiger partial charge on any atom is -0.510 e. The van der Waals surface area contributed by atoms with E-state index in [1.165, 1.54) is 25.9 Å². The number of fused-ring (bicyclic) bond motifs is 3. The molecule has 0 unspecified atom stereocenters. The van der Waals surface area contributed by atoms with Gasteiger partial charge in [-0.3, -0.25) is 24.1 Å². The maximum Gasteiger partial charge on any atom is 0.305 e. The van der Waals surface area contributed by atoms with E-state index in [-0.39, 0.29) is 28.9 Å². The Hall–Kier alpha value is -3.96. The van der Waals surface area contributed by atoms with Gasteiger partial charge >= 0.3 is 5.97 Å². The van der Waals surface area contributed by atoms with Crippen molar-refractivity contribution in [3.63, 3.8) is 0 Å². The molecule has 0 aromatic heterocycles. The highest BCUT2D eigenvalue weighted by molar-refractivity contribution is 6.25. The third-order valence-electron chi connectivity index (χ3n) is 7.47. The number of amides is 1. The highest BCUT2D eigenvalue weighted by atomic mass is 16.5. The monoisotopic (exact) mass is 512 g/mol. The zero-order chi connectivity index (χ0) is 27.7. The second-order valence-electron chi connectivity index (χ2n) is 9.71. The molecule has 1 aromatic carbocycles. The fourth-order valence-corrected chi connectivity index (χ4v) is 5.71. The number of rotatable bonds is 4. The van der Waals surface area contributed by atoms with Crippen molar-refractivity contribution in [1.82, 2.24) is 4.90 Å². The summed E-state index contributed by atoms with van der Waals surface area (Å²) in [6.45, 7) is 7.12. The van der Waals surface area contributed by atoms with Crippen molar-refractivity contribution < 1.29 is 44.3 Å². The highest BCUT2D eigenvalue weighted by Crippen LogP contribution is 2.56. The SMILES string of the molecule is C=C1c2ccc(C)c(O)c2C(=O)C2=C(O)[C@]3(O)C(=O)C(C(N)=O)=C(O)[C@@H](N(C)C)[C@@H]3[C@@H](OC(=O)CC)[C@H]12. The standard InChI is InChI=1S/C26H28N2O9/c1-6-12(29)37-22-13-10(3)11-8-7-9(2)19(30)14(11)20(31)15(13)23(33)26(36)17(22)18(28(4)5)21(32)16(24(26)34)25(27)35/h7-8,13,17-18,22,30,32-33,36H,3,6H2,1-2,4-5H3,(H2,27,35)/t13-,17-,18+,22+,26+/m1/s1. The summed E-state index contributed by atoms with van der Waals surface area (Å²) < 4.78 is 5.71. The zero-order valence-electron chi connectivity index (χ0n) is 20.7. The molecule has 4 rings (SSSR count). The van der Waals surface area contributed by atoms with Crippen LogP contribution in [0.5, 0.6) is 5.75 Å². The molecule has 0 saturated heterocycles. The number of ether oxygens (including phenoxy) is 1. The summed E-state index contributed by atoms with van der Waals surface area (Å²) >= 11 is 0. The number of esters is 1. The van der Waals surface area contributed by atoms with Crippen LogP contribution in [0.15, 0.2) is 41.4 Å². The summed E-state index contributed by atoms with van der Waals surface area (Å²) in [6.07, 6.45) is -1.60. The van der Waals surface area contributed by atoms with Gasteiger partial charge in [-0.2, -0.15) is 0 Å². The number of hydrogen-bond donors (Lipinski definition) is 5. The first-order chi connectivity index (χ1) is 17.2. The fourth-order valence-electron chi connectivity index (χ4n) is 5.71. The lowest BCUT2D eigenvalue weighted by molar-refractivity contribution is -0.177. The molecule has 3 aliphatic rings. The number of phenolic OH excluding ortho intramolecular Hbond substituents is 1. The van der Waals surface area contributed by atoms with Crippen LogP contribution >= 0.6 is 0 Å². The number of ketones is 2. The molecular weight excluding hydrogens is 484 g/mol. The van der Waals surface area contributed by atoms with Gasteiger partial charge in [0, 0.05) is 6.42 Å². The van der Waals surface area contributed by atoms with Crippen molar-refractivity contribution in [3.05, 3.63) is 58.1 Å². The molecule has 0 spiro atoms. The number of hydrogen-bond acceptors (Lipinski definition) is 10. The molecule has 5 atom stereocenters. The topological polar surface area (TPSA) is 188 Å². The first-order valence-corrected chi connectivity index (χ1v) is 11.6. The van der Waals surface area contributed by atoms with Crippen molar-refractivity contribution in [2.24, 2.45) is 17.6 Å². The van der Waals surface area contributed by atoms with Gasteiger partial charge in [-0.05, 0) is 37.7 Å². The predicted molar refractivity (Wildman–Crippen MR) is 129 cm³/mol. The van der Waals surface area contributed by atoms with Crippen LogP contribution in [0.1, 0.15) is 34.8 Å². The molecule has 6 N–H and O–H groups in total. The molecule has 0 heterocycles. The van der Waals surface area contributed by atoms with Gasteiger partial charge < -0.3 is 30.9 Å². The number of nitrogens with zero attached hydrogens (tertiary/aromatic N) is 1. The first-order valence-electron chi connectivity index (χ1n) is 11.6. The smallest absolute Gasteiger partial charge is 0.305 e. The number of nitrogens with two attached hydrogens (primary N) is 1. The van der Waals surface area contributed by atoms with E-state index in [1.54, 1.807) is 19.1 Å². The summed E-state index contributed by atoms with van der Waals surface area (Å²) in [5.74, 6) is -9.53. The van der Waals surface area contributed by atoms with Crippen LogP contribution in [-0.2, 0) is 19.1 Å². The molecule has 0 fully saturated rings. The van der Waals surface area contributed by atoms with Crippen LogP contribution in [0, 0.1) is 18.8 Å².